The molecule has 0 radical (unpaired) electrons. The van der Waals surface area contributed by atoms with Crippen LogP contribution in [0.15, 0.2) is 24.3 Å². The topological polar surface area (TPSA) is 64.8 Å². The Morgan fingerprint density at radius 1 is 1.37 bits per heavy atom. The summed E-state index contributed by atoms with van der Waals surface area (Å²) >= 11 is 0. The zero-order valence-electron chi connectivity index (χ0n) is 11.2. The zero-order valence-corrected chi connectivity index (χ0v) is 11.2. The summed E-state index contributed by atoms with van der Waals surface area (Å²) in [6.45, 7) is 3.98. The normalized spacial score (nSPS) is 17.1. The highest BCUT2D eigenvalue weighted by atomic mass is 16.6. The summed E-state index contributed by atoms with van der Waals surface area (Å²) in [6.07, 6.45) is 0.323. The SMILES string of the molecule is CCCN(CCN)C(=O)C1COc2ccccc2O1. The minimum atomic E-state index is -0.576. The summed E-state index contributed by atoms with van der Waals surface area (Å²) in [5, 5.41) is 0. The number of fused-ring (bicyclic) bond motifs is 1. The van der Waals surface area contributed by atoms with E-state index in [1.54, 1.807) is 4.90 Å². The molecule has 0 aromatic heterocycles. The molecular weight excluding hydrogens is 244 g/mol. The third-order valence-corrected chi connectivity index (χ3v) is 2.99. The molecule has 0 aliphatic carbocycles. The first kappa shape index (κ1) is 13.7. The number of nitrogens with two attached hydrogens (primary N) is 1. The molecule has 1 aliphatic heterocycles. The van der Waals surface area contributed by atoms with Crippen molar-refractivity contribution >= 4 is 5.91 Å². The van der Waals surface area contributed by atoms with Crippen molar-refractivity contribution in [2.75, 3.05) is 26.2 Å². The van der Waals surface area contributed by atoms with E-state index in [1.165, 1.54) is 0 Å². The number of para-hydroxylation sites is 2. The molecule has 2 N–H and O–H groups in total. The lowest BCUT2D eigenvalue weighted by Crippen LogP contribution is -2.48. The molecule has 1 aliphatic rings. The van der Waals surface area contributed by atoms with E-state index in [9.17, 15) is 4.79 Å². The molecule has 5 nitrogen and oxygen atoms in total. The number of nitrogens with zero attached hydrogens (tertiary/aromatic N) is 1. The van der Waals surface area contributed by atoms with E-state index in [-0.39, 0.29) is 12.5 Å². The smallest absolute Gasteiger partial charge is 0.267 e. The highest BCUT2D eigenvalue weighted by molar-refractivity contribution is 5.82. The Balaban J connectivity index is 2.04. The third-order valence-electron chi connectivity index (χ3n) is 2.99. The van der Waals surface area contributed by atoms with E-state index >= 15 is 0 Å². The lowest BCUT2D eigenvalue weighted by Gasteiger charge is -2.30. The summed E-state index contributed by atoms with van der Waals surface area (Å²) in [4.78, 5) is 14.1. The first-order valence-electron chi connectivity index (χ1n) is 6.63. The molecule has 1 unspecified atom stereocenters. The van der Waals surface area contributed by atoms with Gasteiger partial charge >= 0.3 is 0 Å². The van der Waals surface area contributed by atoms with Gasteiger partial charge in [-0.15, -0.1) is 0 Å². The van der Waals surface area contributed by atoms with E-state index in [0.29, 0.717) is 31.1 Å². The van der Waals surface area contributed by atoms with Gasteiger partial charge in [0.1, 0.15) is 6.61 Å². The van der Waals surface area contributed by atoms with E-state index < -0.39 is 6.10 Å². The molecule has 104 valence electrons. The highest BCUT2D eigenvalue weighted by Crippen LogP contribution is 2.31. The van der Waals surface area contributed by atoms with Crippen molar-refractivity contribution in [3.05, 3.63) is 24.3 Å². The van der Waals surface area contributed by atoms with Crippen LogP contribution in [-0.4, -0.2) is 43.2 Å². The van der Waals surface area contributed by atoms with Crippen LogP contribution in [0.4, 0.5) is 0 Å². The summed E-state index contributed by atoms with van der Waals surface area (Å²) in [5.74, 6) is 1.26. The summed E-state index contributed by atoms with van der Waals surface area (Å²) in [7, 11) is 0. The van der Waals surface area contributed by atoms with Gasteiger partial charge < -0.3 is 20.1 Å². The van der Waals surface area contributed by atoms with Crippen molar-refractivity contribution < 1.29 is 14.3 Å². The van der Waals surface area contributed by atoms with Crippen molar-refractivity contribution in [1.29, 1.82) is 0 Å². The van der Waals surface area contributed by atoms with Gasteiger partial charge in [0, 0.05) is 19.6 Å². The first-order chi connectivity index (χ1) is 9.26. The molecule has 0 spiro atoms. The third kappa shape index (κ3) is 3.17. The molecule has 19 heavy (non-hydrogen) atoms. The molecule has 5 heteroatoms. The van der Waals surface area contributed by atoms with Gasteiger partial charge in [0.25, 0.3) is 5.91 Å². The van der Waals surface area contributed by atoms with Gasteiger partial charge in [-0.1, -0.05) is 19.1 Å². The minimum absolute atomic E-state index is 0.0539. The van der Waals surface area contributed by atoms with Gasteiger partial charge in [0.2, 0.25) is 6.10 Å². The van der Waals surface area contributed by atoms with Gasteiger partial charge in [-0.25, -0.2) is 0 Å². The van der Waals surface area contributed by atoms with Crippen LogP contribution in [-0.2, 0) is 4.79 Å². The lowest BCUT2D eigenvalue weighted by atomic mass is 10.2. The number of amides is 1. The van der Waals surface area contributed by atoms with Gasteiger partial charge in [-0.3, -0.25) is 4.79 Å². The van der Waals surface area contributed by atoms with Crippen LogP contribution in [0.5, 0.6) is 11.5 Å². The fourth-order valence-electron chi connectivity index (χ4n) is 2.10. The second-order valence-electron chi connectivity index (χ2n) is 4.48. The van der Waals surface area contributed by atoms with E-state index in [2.05, 4.69) is 0 Å². The van der Waals surface area contributed by atoms with Crippen LogP contribution in [0.2, 0.25) is 0 Å². The maximum Gasteiger partial charge on any atom is 0.267 e. The minimum Gasteiger partial charge on any atom is -0.485 e. The molecule has 1 heterocycles. The Hall–Kier alpha value is -1.75. The zero-order chi connectivity index (χ0) is 13.7. The molecule has 1 atom stereocenters. The second-order valence-corrected chi connectivity index (χ2v) is 4.48. The molecule has 1 aromatic rings. The predicted octanol–water partition coefficient (Wildman–Crippen LogP) is 1.02. The monoisotopic (exact) mass is 264 g/mol. The summed E-state index contributed by atoms with van der Waals surface area (Å²) in [5.41, 5.74) is 5.54. The Morgan fingerprint density at radius 3 is 2.79 bits per heavy atom. The first-order valence-corrected chi connectivity index (χ1v) is 6.63. The van der Waals surface area contributed by atoms with Crippen LogP contribution >= 0.6 is 0 Å². The number of rotatable bonds is 5. The summed E-state index contributed by atoms with van der Waals surface area (Å²) < 4.78 is 11.3. The maximum absolute atomic E-state index is 12.4. The van der Waals surface area contributed by atoms with Crippen molar-refractivity contribution in [1.82, 2.24) is 4.90 Å². The second kappa shape index (κ2) is 6.43. The largest absolute Gasteiger partial charge is 0.485 e. The van der Waals surface area contributed by atoms with Crippen LogP contribution < -0.4 is 15.2 Å². The molecule has 1 aromatic carbocycles. The Kier molecular flexibility index (Phi) is 4.63. The molecule has 0 saturated heterocycles. The molecule has 0 saturated carbocycles. The van der Waals surface area contributed by atoms with E-state index in [0.717, 1.165) is 6.42 Å². The van der Waals surface area contributed by atoms with Gasteiger partial charge in [0.15, 0.2) is 11.5 Å². The van der Waals surface area contributed by atoms with Crippen LogP contribution in [0.25, 0.3) is 0 Å². The quantitative estimate of drug-likeness (QED) is 0.862. The molecule has 1 amide bonds. The fourth-order valence-corrected chi connectivity index (χ4v) is 2.10. The van der Waals surface area contributed by atoms with Crippen LogP contribution in [0.3, 0.4) is 0 Å². The molecular formula is C14H20N2O3. The Bertz CT molecular complexity index is 430. The van der Waals surface area contributed by atoms with E-state index in [1.807, 2.05) is 31.2 Å². The van der Waals surface area contributed by atoms with Crippen molar-refractivity contribution in [3.8, 4) is 11.5 Å². The Morgan fingerprint density at radius 2 is 2.11 bits per heavy atom. The molecule has 0 fully saturated rings. The van der Waals surface area contributed by atoms with Crippen molar-refractivity contribution in [3.63, 3.8) is 0 Å². The average molecular weight is 264 g/mol. The van der Waals surface area contributed by atoms with Crippen LogP contribution in [0.1, 0.15) is 13.3 Å². The lowest BCUT2D eigenvalue weighted by molar-refractivity contribution is -0.141. The number of ether oxygens (including phenoxy) is 2. The average Bonchev–Trinajstić information content (AvgIpc) is 2.46. The fraction of sp³-hybridized carbons (Fsp3) is 0.500. The number of benzene rings is 1. The highest BCUT2D eigenvalue weighted by Gasteiger charge is 2.30. The van der Waals surface area contributed by atoms with Gasteiger partial charge in [-0.2, -0.15) is 0 Å². The molecule has 0 bridgehead atoms. The van der Waals surface area contributed by atoms with Crippen molar-refractivity contribution in [2.45, 2.75) is 19.4 Å². The van der Waals surface area contributed by atoms with Gasteiger partial charge in [0.05, 0.1) is 0 Å². The van der Waals surface area contributed by atoms with Crippen LogP contribution in [0, 0.1) is 0 Å². The Labute approximate surface area is 113 Å². The summed E-state index contributed by atoms with van der Waals surface area (Å²) in [6, 6.07) is 7.38. The number of carbonyl (C=O) groups excluding carboxylic acids is 1. The number of hydrogen-bond acceptors (Lipinski definition) is 4. The van der Waals surface area contributed by atoms with Gasteiger partial charge in [-0.05, 0) is 18.6 Å². The maximum atomic E-state index is 12.4. The molecule has 2 rings (SSSR count). The standard InChI is InChI=1S/C14H20N2O3/c1-2-8-16(9-7-15)14(17)13-10-18-11-5-3-4-6-12(11)19-13/h3-6,13H,2,7-10,15H2,1H3. The van der Waals surface area contributed by atoms with E-state index in [4.69, 9.17) is 15.2 Å². The van der Waals surface area contributed by atoms with Crippen molar-refractivity contribution in [2.24, 2.45) is 5.73 Å². The number of carbonyl (C=O) groups is 1. The predicted molar refractivity (Wildman–Crippen MR) is 72.3 cm³/mol. The number of hydrogen-bond donors (Lipinski definition) is 1.